The van der Waals surface area contributed by atoms with Gasteiger partial charge in [0.2, 0.25) is 0 Å². The van der Waals surface area contributed by atoms with Crippen molar-refractivity contribution in [1.29, 1.82) is 0 Å². The van der Waals surface area contributed by atoms with Crippen molar-refractivity contribution >= 4 is 11.8 Å². The van der Waals surface area contributed by atoms with E-state index in [1.807, 2.05) is 24.3 Å². The van der Waals surface area contributed by atoms with Gasteiger partial charge >= 0.3 is 0 Å². The predicted octanol–water partition coefficient (Wildman–Crippen LogP) is 2.49. The Labute approximate surface area is 75.9 Å². The van der Waals surface area contributed by atoms with E-state index in [-0.39, 0.29) is 5.62 Å². The van der Waals surface area contributed by atoms with Crippen LogP contribution in [0.25, 0.3) is 0 Å². The zero-order chi connectivity index (χ0) is 8.39. The molecule has 0 aromatic heterocycles. The molecule has 0 saturated heterocycles. The normalized spacial score (nSPS) is 15.1. The first-order valence-electron chi connectivity index (χ1n) is 3.94. The summed E-state index contributed by atoms with van der Waals surface area (Å²) in [5.74, 6) is 2.70. The highest BCUT2D eigenvalue weighted by Gasteiger charge is 2.22. The predicted molar refractivity (Wildman–Crippen MR) is 49.6 cm³/mol. The molecule has 1 aliphatic rings. The summed E-state index contributed by atoms with van der Waals surface area (Å²) in [4.78, 5) is 0. The number of ether oxygens (including phenoxy) is 2. The molecule has 0 bridgehead atoms. The van der Waals surface area contributed by atoms with Crippen molar-refractivity contribution in [2.45, 2.75) is 12.5 Å². The maximum absolute atomic E-state index is 5.49. The molecule has 2 rings (SSSR count). The zero-order valence-electron chi connectivity index (χ0n) is 6.82. The van der Waals surface area contributed by atoms with Crippen LogP contribution in [0, 0.1) is 0 Å². The minimum absolute atomic E-state index is 0.146. The highest BCUT2D eigenvalue weighted by molar-refractivity contribution is 7.99. The first-order chi connectivity index (χ1) is 5.90. The minimum atomic E-state index is -0.146. The third-order valence-corrected chi connectivity index (χ3v) is 2.40. The zero-order valence-corrected chi connectivity index (χ0v) is 7.64. The van der Waals surface area contributed by atoms with Crippen molar-refractivity contribution in [2.24, 2.45) is 0 Å². The number of rotatable bonds is 2. The Morgan fingerprint density at radius 3 is 2.33 bits per heavy atom. The van der Waals surface area contributed by atoms with Crippen LogP contribution >= 0.6 is 11.8 Å². The Balaban J connectivity index is 2.11. The van der Waals surface area contributed by atoms with Gasteiger partial charge in [0.05, 0.1) is 0 Å². The van der Waals surface area contributed by atoms with Crippen molar-refractivity contribution in [3.63, 3.8) is 0 Å². The number of hydrogen-bond donors (Lipinski definition) is 0. The average molecular weight is 182 g/mol. The number of hydrogen-bond acceptors (Lipinski definition) is 3. The highest BCUT2D eigenvalue weighted by atomic mass is 32.2. The third kappa shape index (κ3) is 1.37. The molecule has 64 valence electrons. The van der Waals surface area contributed by atoms with Gasteiger partial charge < -0.3 is 9.47 Å². The van der Waals surface area contributed by atoms with Crippen LogP contribution in [0.4, 0.5) is 0 Å². The first-order valence-corrected chi connectivity index (χ1v) is 4.99. The third-order valence-electron chi connectivity index (χ3n) is 1.60. The van der Waals surface area contributed by atoms with Gasteiger partial charge in [-0.05, 0) is 17.9 Å². The molecular weight excluding hydrogens is 172 g/mol. The molecule has 0 aliphatic carbocycles. The van der Waals surface area contributed by atoms with Gasteiger partial charge in [-0.1, -0.05) is 30.8 Å². The van der Waals surface area contributed by atoms with E-state index in [0.717, 1.165) is 17.3 Å². The molecule has 0 saturated carbocycles. The molecule has 3 heteroatoms. The van der Waals surface area contributed by atoms with Crippen LogP contribution in [0.2, 0.25) is 0 Å². The van der Waals surface area contributed by atoms with Crippen LogP contribution < -0.4 is 9.47 Å². The van der Waals surface area contributed by atoms with E-state index >= 15 is 0 Å². The van der Waals surface area contributed by atoms with Gasteiger partial charge in [0.25, 0.3) is 5.62 Å². The van der Waals surface area contributed by atoms with Crippen LogP contribution in [0.15, 0.2) is 24.3 Å². The van der Waals surface area contributed by atoms with Crippen LogP contribution in [-0.2, 0) is 0 Å². The maximum Gasteiger partial charge on any atom is 0.291 e. The van der Waals surface area contributed by atoms with Gasteiger partial charge in [-0.3, -0.25) is 0 Å². The summed E-state index contributed by atoms with van der Waals surface area (Å²) in [6.07, 6.45) is 0. The quantitative estimate of drug-likeness (QED) is 0.700. The molecule has 1 aliphatic heterocycles. The largest absolute Gasteiger partial charge is 0.442 e. The van der Waals surface area contributed by atoms with Crippen molar-refractivity contribution in [3.8, 4) is 11.5 Å². The molecular formula is C9H10O2S. The van der Waals surface area contributed by atoms with Crippen LogP contribution in [0.5, 0.6) is 11.5 Å². The van der Waals surface area contributed by atoms with E-state index in [2.05, 4.69) is 6.92 Å². The number of para-hydroxylation sites is 2. The monoisotopic (exact) mass is 182 g/mol. The van der Waals surface area contributed by atoms with Gasteiger partial charge in [-0.15, -0.1) is 0 Å². The average Bonchev–Trinajstić information content (AvgIpc) is 2.47. The second kappa shape index (κ2) is 3.27. The number of fused-ring (bicyclic) bond motifs is 1. The molecule has 1 heterocycles. The van der Waals surface area contributed by atoms with Gasteiger partial charge in [0.1, 0.15) is 0 Å². The number of thioether (sulfide) groups is 1. The van der Waals surface area contributed by atoms with Crippen LogP contribution in [0.3, 0.4) is 0 Å². The molecule has 1 aromatic rings. The maximum atomic E-state index is 5.49. The van der Waals surface area contributed by atoms with Gasteiger partial charge in [-0.2, -0.15) is 0 Å². The molecule has 12 heavy (non-hydrogen) atoms. The molecule has 2 nitrogen and oxygen atoms in total. The molecule has 1 aromatic carbocycles. The molecule has 0 N–H and O–H groups in total. The van der Waals surface area contributed by atoms with E-state index in [9.17, 15) is 0 Å². The standard InChI is InChI=1S/C9H10O2S/c1-2-12-9-10-7-5-3-4-6-8(7)11-9/h3-6,9H,2H2,1H3. The lowest BCUT2D eigenvalue weighted by atomic mass is 10.3. The van der Waals surface area contributed by atoms with Gasteiger partial charge in [0, 0.05) is 0 Å². The fraction of sp³-hybridized carbons (Fsp3) is 0.333. The van der Waals surface area contributed by atoms with E-state index in [1.54, 1.807) is 11.8 Å². The lowest BCUT2D eigenvalue weighted by Crippen LogP contribution is -2.12. The second-order valence-electron chi connectivity index (χ2n) is 2.43. The summed E-state index contributed by atoms with van der Waals surface area (Å²) in [5.41, 5.74) is -0.146. The Hall–Kier alpha value is -0.830. The Bertz CT molecular complexity index is 250. The van der Waals surface area contributed by atoms with Crippen LogP contribution in [0.1, 0.15) is 6.92 Å². The van der Waals surface area contributed by atoms with Gasteiger partial charge in [-0.25, -0.2) is 0 Å². The number of benzene rings is 1. The summed E-state index contributed by atoms with van der Waals surface area (Å²) < 4.78 is 11.0. The minimum Gasteiger partial charge on any atom is -0.442 e. The van der Waals surface area contributed by atoms with Crippen molar-refractivity contribution in [2.75, 3.05) is 5.75 Å². The molecule has 0 spiro atoms. The summed E-state index contributed by atoms with van der Waals surface area (Å²) >= 11 is 1.65. The summed E-state index contributed by atoms with van der Waals surface area (Å²) in [5, 5.41) is 0. The topological polar surface area (TPSA) is 18.5 Å². The molecule has 0 atom stereocenters. The summed E-state index contributed by atoms with van der Waals surface area (Å²) in [6, 6.07) is 7.74. The lowest BCUT2D eigenvalue weighted by Gasteiger charge is -2.06. The van der Waals surface area contributed by atoms with E-state index < -0.39 is 0 Å². The Morgan fingerprint density at radius 2 is 1.83 bits per heavy atom. The molecule has 0 fully saturated rings. The highest BCUT2D eigenvalue weighted by Crippen LogP contribution is 2.36. The first kappa shape index (κ1) is 7.80. The fourth-order valence-electron chi connectivity index (χ4n) is 1.08. The fourth-order valence-corrected chi connectivity index (χ4v) is 1.70. The smallest absolute Gasteiger partial charge is 0.291 e. The van der Waals surface area contributed by atoms with E-state index in [0.29, 0.717) is 0 Å². The van der Waals surface area contributed by atoms with Gasteiger partial charge in [0.15, 0.2) is 11.5 Å². The van der Waals surface area contributed by atoms with E-state index in [4.69, 9.17) is 9.47 Å². The SMILES string of the molecule is CCSC1Oc2ccccc2O1. The molecule has 0 amide bonds. The molecule has 0 radical (unpaired) electrons. The lowest BCUT2D eigenvalue weighted by molar-refractivity contribution is 0.136. The second-order valence-corrected chi connectivity index (χ2v) is 3.72. The Kier molecular flexibility index (Phi) is 2.13. The van der Waals surface area contributed by atoms with Crippen molar-refractivity contribution < 1.29 is 9.47 Å². The summed E-state index contributed by atoms with van der Waals surface area (Å²) in [7, 11) is 0. The summed E-state index contributed by atoms with van der Waals surface area (Å²) in [6.45, 7) is 2.08. The molecule has 0 unspecified atom stereocenters. The van der Waals surface area contributed by atoms with Crippen LogP contribution in [-0.4, -0.2) is 11.4 Å². The Morgan fingerprint density at radius 1 is 1.25 bits per heavy atom. The van der Waals surface area contributed by atoms with Crippen molar-refractivity contribution in [3.05, 3.63) is 24.3 Å². The van der Waals surface area contributed by atoms with Crippen molar-refractivity contribution in [1.82, 2.24) is 0 Å². The van der Waals surface area contributed by atoms with E-state index in [1.165, 1.54) is 0 Å².